The molecule has 0 saturated heterocycles. The van der Waals surface area contributed by atoms with E-state index in [0.29, 0.717) is 11.3 Å². The van der Waals surface area contributed by atoms with Crippen molar-refractivity contribution in [3.8, 4) is 16.3 Å². The summed E-state index contributed by atoms with van der Waals surface area (Å²) in [7, 11) is 0. The zero-order valence-electron chi connectivity index (χ0n) is 19.4. The summed E-state index contributed by atoms with van der Waals surface area (Å²) in [5.41, 5.74) is 3.55. The molecule has 0 atom stereocenters. The lowest BCUT2D eigenvalue weighted by Crippen LogP contribution is -2.17. The maximum absolute atomic E-state index is 13.1. The number of aromatic nitrogens is 1. The fourth-order valence-corrected chi connectivity index (χ4v) is 5.09. The molecule has 0 saturated carbocycles. The van der Waals surface area contributed by atoms with E-state index in [4.69, 9.17) is 4.18 Å². The lowest BCUT2D eigenvalue weighted by atomic mass is 9.87. The van der Waals surface area contributed by atoms with Crippen LogP contribution in [0.25, 0.3) is 10.6 Å². The number of anilines is 1. The van der Waals surface area contributed by atoms with Crippen LogP contribution in [0.3, 0.4) is 0 Å². The van der Waals surface area contributed by atoms with Crippen molar-refractivity contribution in [2.75, 3.05) is 4.72 Å². The van der Waals surface area contributed by atoms with Crippen LogP contribution in [0.1, 0.15) is 36.7 Å². The first-order valence-corrected chi connectivity index (χ1v) is 13.1. The molecule has 0 aliphatic heterocycles. The molecule has 1 aromatic heterocycles. The summed E-state index contributed by atoms with van der Waals surface area (Å²) in [5, 5.41) is 0.825. The van der Waals surface area contributed by atoms with Crippen molar-refractivity contribution in [1.82, 2.24) is 9.71 Å². The summed E-state index contributed by atoms with van der Waals surface area (Å²) < 4.78 is 25.6. The quantitative estimate of drug-likeness (QED) is 0.181. The largest absolute Gasteiger partial charge is 0.405 e. The molecule has 0 unspecified atom stereocenters. The Hall–Kier alpha value is -3.01. The number of nitrogens with zero attached hydrogens (tertiary/aromatic N) is 1. The number of thiazole rings is 1. The van der Waals surface area contributed by atoms with Gasteiger partial charge in [-0.2, -0.15) is 0 Å². The average Bonchev–Trinajstić information content (AvgIpc) is 3.32. The number of amides is 1. The lowest BCUT2D eigenvalue weighted by molar-refractivity contribution is 0.0983. The standard InChI is InChI=1S/C26H24FN3O2S3/c1-26(2,3)19-8-14-22(15-9-19)32-35-30-24(31)17-6-12-21(13-7-17)29-34-23-16-28-25(33-23)18-4-10-20(27)11-5-18/h4-16,29H,1-3H3,(H,30,31). The molecule has 9 heteroatoms. The maximum Gasteiger partial charge on any atom is 0.263 e. The zero-order valence-corrected chi connectivity index (χ0v) is 21.8. The number of carbonyl (C=O) groups is 1. The SMILES string of the molecule is CC(C)(C)c1ccc(OSNC(=O)c2ccc(NSc3cnc(-c4ccc(F)cc4)s3)cc2)cc1. The molecule has 2 N–H and O–H groups in total. The van der Waals surface area contributed by atoms with Gasteiger partial charge in [-0.1, -0.05) is 32.9 Å². The van der Waals surface area contributed by atoms with Crippen molar-refractivity contribution in [3.63, 3.8) is 0 Å². The van der Waals surface area contributed by atoms with Crippen molar-refractivity contribution >= 4 is 47.1 Å². The van der Waals surface area contributed by atoms with E-state index in [1.54, 1.807) is 30.5 Å². The molecular weight excluding hydrogens is 502 g/mol. The number of halogens is 1. The second kappa shape index (κ2) is 11.2. The predicted molar refractivity (Wildman–Crippen MR) is 144 cm³/mol. The summed E-state index contributed by atoms with van der Waals surface area (Å²) in [6.45, 7) is 6.47. The van der Waals surface area contributed by atoms with Crippen LogP contribution in [0.4, 0.5) is 10.1 Å². The highest BCUT2D eigenvalue weighted by molar-refractivity contribution is 8.02. The molecule has 0 spiro atoms. The molecule has 0 aliphatic carbocycles. The van der Waals surface area contributed by atoms with Crippen LogP contribution >= 0.6 is 35.5 Å². The minimum Gasteiger partial charge on any atom is -0.405 e. The Labute approximate surface area is 217 Å². The highest BCUT2D eigenvalue weighted by atomic mass is 32.2. The summed E-state index contributed by atoms with van der Waals surface area (Å²) >= 11 is 3.83. The summed E-state index contributed by atoms with van der Waals surface area (Å²) in [6.07, 6.45) is 1.77. The molecule has 3 aromatic carbocycles. The Kier molecular flexibility index (Phi) is 8.00. The highest BCUT2D eigenvalue weighted by Crippen LogP contribution is 2.32. The predicted octanol–water partition coefficient (Wildman–Crippen LogP) is 7.74. The molecule has 0 fully saturated rings. The fraction of sp³-hybridized carbons (Fsp3) is 0.154. The molecule has 0 radical (unpaired) electrons. The van der Waals surface area contributed by atoms with E-state index >= 15 is 0 Å². The Morgan fingerprint density at radius 2 is 1.66 bits per heavy atom. The topological polar surface area (TPSA) is 63.2 Å². The zero-order chi connectivity index (χ0) is 24.8. The third kappa shape index (κ3) is 7.00. The van der Waals surface area contributed by atoms with Gasteiger partial charge in [0.2, 0.25) is 0 Å². The maximum atomic E-state index is 13.1. The first kappa shape index (κ1) is 25.1. The third-order valence-corrected chi connectivity index (χ3v) is 7.51. The molecule has 5 nitrogen and oxygen atoms in total. The van der Waals surface area contributed by atoms with Crippen LogP contribution in [0.2, 0.25) is 0 Å². The number of rotatable bonds is 8. The molecule has 0 bridgehead atoms. The number of nitrogens with one attached hydrogen (secondary N) is 2. The van der Waals surface area contributed by atoms with Gasteiger partial charge in [0.05, 0.1) is 6.20 Å². The van der Waals surface area contributed by atoms with Gasteiger partial charge in [-0.25, -0.2) is 9.37 Å². The number of hydrogen-bond acceptors (Lipinski definition) is 7. The highest BCUT2D eigenvalue weighted by Gasteiger charge is 2.13. The van der Waals surface area contributed by atoms with Gasteiger partial charge in [-0.15, -0.1) is 11.3 Å². The smallest absolute Gasteiger partial charge is 0.263 e. The molecule has 0 aliphatic rings. The summed E-state index contributed by atoms with van der Waals surface area (Å²) in [5.74, 6) is 0.160. The molecular formula is C26H24FN3O2S3. The van der Waals surface area contributed by atoms with Crippen LogP contribution in [-0.2, 0) is 5.41 Å². The van der Waals surface area contributed by atoms with Crippen LogP contribution in [0, 0.1) is 5.82 Å². The Balaban J connectivity index is 1.24. The van der Waals surface area contributed by atoms with Gasteiger partial charge >= 0.3 is 0 Å². The van der Waals surface area contributed by atoms with E-state index in [1.165, 1.54) is 41.0 Å². The first-order valence-electron chi connectivity index (χ1n) is 10.8. The molecule has 4 aromatic rings. The van der Waals surface area contributed by atoms with Crippen molar-refractivity contribution < 1.29 is 13.4 Å². The van der Waals surface area contributed by atoms with Gasteiger partial charge in [-0.05, 0) is 83.6 Å². The van der Waals surface area contributed by atoms with Gasteiger partial charge in [0, 0.05) is 16.8 Å². The Bertz CT molecular complexity index is 1270. The monoisotopic (exact) mass is 525 g/mol. The van der Waals surface area contributed by atoms with Gasteiger partial charge < -0.3 is 8.91 Å². The molecule has 4 rings (SSSR count). The van der Waals surface area contributed by atoms with E-state index in [0.717, 1.165) is 32.7 Å². The van der Waals surface area contributed by atoms with Gasteiger partial charge in [0.1, 0.15) is 20.8 Å². The van der Waals surface area contributed by atoms with E-state index in [1.807, 2.05) is 36.4 Å². The number of benzene rings is 3. The number of carbonyl (C=O) groups excluding carboxylic acids is 1. The van der Waals surface area contributed by atoms with Gasteiger partial charge in [-0.3, -0.25) is 9.52 Å². The average molecular weight is 526 g/mol. The normalized spacial score (nSPS) is 11.2. The van der Waals surface area contributed by atoms with Crippen molar-refractivity contribution in [3.05, 3.63) is 95.9 Å². The first-order chi connectivity index (χ1) is 16.8. The lowest BCUT2D eigenvalue weighted by Gasteiger charge is -2.18. The van der Waals surface area contributed by atoms with E-state index in [2.05, 4.69) is 35.2 Å². The molecule has 1 heterocycles. The minimum absolute atomic E-state index is 0.0764. The fourth-order valence-electron chi connectivity index (χ4n) is 3.01. The van der Waals surface area contributed by atoms with Crippen molar-refractivity contribution in [2.45, 2.75) is 30.4 Å². The second-order valence-corrected chi connectivity index (χ2v) is 11.3. The van der Waals surface area contributed by atoms with Crippen LogP contribution < -0.4 is 13.6 Å². The second-order valence-electron chi connectivity index (χ2n) is 8.65. The van der Waals surface area contributed by atoms with Crippen molar-refractivity contribution in [2.24, 2.45) is 0 Å². The van der Waals surface area contributed by atoms with E-state index in [-0.39, 0.29) is 17.1 Å². The third-order valence-electron chi connectivity index (χ3n) is 4.98. The molecule has 1 amide bonds. The van der Waals surface area contributed by atoms with Crippen LogP contribution in [-0.4, -0.2) is 10.9 Å². The van der Waals surface area contributed by atoms with E-state index < -0.39 is 0 Å². The van der Waals surface area contributed by atoms with Crippen molar-refractivity contribution in [1.29, 1.82) is 0 Å². The minimum atomic E-state index is -0.268. The van der Waals surface area contributed by atoms with Gasteiger partial charge in [0.15, 0.2) is 12.2 Å². The molecule has 180 valence electrons. The Morgan fingerprint density at radius 3 is 2.31 bits per heavy atom. The van der Waals surface area contributed by atoms with Gasteiger partial charge in [0.25, 0.3) is 5.91 Å². The molecule has 35 heavy (non-hydrogen) atoms. The summed E-state index contributed by atoms with van der Waals surface area (Å²) in [6, 6.07) is 21.3. The number of hydrogen-bond donors (Lipinski definition) is 2. The Morgan fingerprint density at radius 1 is 0.971 bits per heavy atom. The van der Waals surface area contributed by atoms with E-state index in [9.17, 15) is 9.18 Å². The van der Waals surface area contributed by atoms with Crippen LogP contribution in [0.5, 0.6) is 5.75 Å². The summed E-state index contributed by atoms with van der Waals surface area (Å²) in [4.78, 5) is 16.8. The van der Waals surface area contributed by atoms with Crippen LogP contribution in [0.15, 0.2) is 83.2 Å².